The molecule has 2 atom stereocenters. The normalized spacial score (nSPS) is 15.6. The number of benzene rings is 7. The van der Waals surface area contributed by atoms with Gasteiger partial charge >= 0.3 is 0 Å². The summed E-state index contributed by atoms with van der Waals surface area (Å²) in [6, 6.07) is 61.6. The fourth-order valence-corrected chi connectivity index (χ4v) is 12.0. The van der Waals surface area contributed by atoms with E-state index in [0.717, 1.165) is 82.4 Å². The van der Waals surface area contributed by atoms with Crippen LogP contribution in [-0.4, -0.2) is 34.7 Å². The van der Waals surface area contributed by atoms with Crippen LogP contribution in [0, 0.1) is 0 Å². The van der Waals surface area contributed by atoms with E-state index in [4.69, 9.17) is 24.9 Å². The average Bonchev–Trinajstić information content (AvgIpc) is 4.04. The summed E-state index contributed by atoms with van der Waals surface area (Å²) in [7, 11) is 0. The monoisotopic (exact) mass is 842 g/mol. The molecular weight excluding hydrogens is 809 g/mol. The zero-order valence-electron chi connectivity index (χ0n) is 33.6. The summed E-state index contributed by atoms with van der Waals surface area (Å²) in [6.45, 7) is 0. The van der Waals surface area contributed by atoms with Crippen LogP contribution in [0.25, 0.3) is 98.8 Å². The largest absolute Gasteiger partial charge is 0.309 e. The van der Waals surface area contributed by atoms with E-state index in [1.54, 1.807) is 11.3 Å². The molecule has 0 radical (unpaired) electrons. The molecule has 5 heterocycles. The van der Waals surface area contributed by atoms with Crippen molar-refractivity contribution in [3.8, 4) is 51.1 Å². The highest BCUT2D eigenvalue weighted by atomic mass is 32.2. The fraction of sp³-hybridized carbons (Fsp3) is 0.0364. The summed E-state index contributed by atoms with van der Waals surface area (Å²) in [5.74, 6) is 2.77. The number of nitrogens with zero attached hydrogens (tertiary/aromatic N) is 6. The molecule has 63 heavy (non-hydrogen) atoms. The molecule has 0 N–H and O–H groups in total. The molecule has 0 fully saturated rings. The maximum Gasteiger partial charge on any atom is 0.164 e. The van der Waals surface area contributed by atoms with E-state index < -0.39 is 0 Å². The van der Waals surface area contributed by atoms with Crippen molar-refractivity contribution in [1.29, 1.82) is 0 Å². The molecule has 8 heteroatoms. The van der Waals surface area contributed by atoms with Crippen LogP contribution in [0.1, 0.15) is 17.3 Å². The molecule has 11 aromatic rings. The van der Waals surface area contributed by atoms with Crippen LogP contribution in [0.2, 0.25) is 0 Å². The minimum Gasteiger partial charge on any atom is -0.309 e. The molecule has 6 nitrogen and oxygen atoms in total. The maximum atomic E-state index is 5.38. The zero-order valence-corrected chi connectivity index (χ0v) is 35.3. The van der Waals surface area contributed by atoms with Gasteiger partial charge in [-0.25, -0.2) is 24.9 Å². The molecule has 296 valence electrons. The first kappa shape index (κ1) is 36.2. The Morgan fingerprint density at radius 3 is 2.02 bits per heavy atom. The van der Waals surface area contributed by atoms with Gasteiger partial charge in [-0.15, -0.1) is 23.1 Å². The van der Waals surface area contributed by atoms with E-state index >= 15 is 0 Å². The first-order valence-electron chi connectivity index (χ1n) is 21.1. The number of para-hydroxylation sites is 2. The third-order valence-corrected chi connectivity index (χ3v) is 14.7. The predicted octanol–water partition coefficient (Wildman–Crippen LogP) is 14.0. The van der Waals surface area contributed by atoms with E-state index in [0.29, 0.717) is 17.5 Å². The predicted molar refractivity (Wildman–Crippen MR) is 260 cm³/mol. The van der Waals surface area contributed by atoms with E-state index in [1.165, 1.54) is 15.2 Å². The Bertz CT molecular complexity index is 3670. The average molecular weight is 843 g/mol. The lowest BCUT2D eigenvalue weighted by Gasteiger charge is -2.23. The second kappa shape index (κ2) is 14.6. The number of thiophene rings is 1. The zero-order chi connectivity index (χ0) is 41.4. The fourth-order valence-electron chi connectivity index (χ4n) is 9.42. The molecular formula is C55H34N6S2. The summed E-state index contributed by atoms with van der Waals surface area (Å²) < 4.78 is 4.66. The van der Waals surface area contributed by atoms with Crippen LogP contribution < -0.4 is 0 Å². The van der Waals surface area contributed by atoms with Crippen molar-refractivity contribution in [3.63, 3.8) is 0 Å². The van der Waals surface area contributed by atoms with Gasteiger partial charge in [-0.3, -0.25) is 0 Å². The Kier molecular flexibility index (Phi) is 8.35. The highest BCUT2D eigenvalue weighted by Crippen LogP contribution is 2.54. The Morgan fingerprint density at radius 2 is 1.19 bits per heavy atom. The molecule has 0 saturated carbocycles. The lowest BCUT2D eigenvalue weighted by molar-refractivity contribution is 0.885. The lowest BCUT2D eigenvalue weighted by Crippen LogP contribution is -2.14. The van der Waals surface area contributed by atoms with Crippen LogP contribution >= 0.6 is 23.1 Å². The second-order valence-electron chi connectivity index (χ2n) is 15.9. The van der Waals surface area contributed by atoms with Gasteiger partial charge < -0.3 is 4.57 Å². The molecule has 2 unspecified atom stereocenters. The molecule has 7 aromatic carbocycles. The van der Waals surface area contributed by atoms with Crippen molar-refractivity contribution >= 4 is 70.8 Å². The minimum atomic E-state index is 0.0864. The molecule has 13 rings (SSSR count). The summed E-state index contributed by atoms with van der Waals surface area (Å²) in [4.78, 5) is 27.7. The van der Waals surface area contributed by atoms with Gasteiger partial charge in [0.15, 0.2) is 23.3 Å². The topological polar surface area (TPSA) is 69.4 Å². The third-order valence-electron chi connectivity index (χ3n) is 12.3. The van der Waals surface area contributed by atoms with Gasteiger partial charge in [-0.05, 0) is 42.0 Å². The first-order chi connectivity index (χ1) is 31.2. The van der Waals surface area contributed by atoms with Gasteiger partial charge in [0.2, 0.25) is 0 Å². The van der Waals surface area contributed by atoms with Crippen molar-refractivity contribution in [3.05, 3.63) is 206 Å². The van der Waals surface area contributed by atoms with Gasteiger partial charge in [0.05, 0.1) is 26.9 Å². The molecule has 0 bridgehead atoms. The molecule has 4 aromatic heterocycles. The quantitative estimate of drug-likeness (QED) is 0.166. The number of thioether (sulfide) groups is 1. The first-order valence-corrected chi connectivity index (χ1v) is 22.8. The van der Waals surface area contributed by atoms with Crippen molar-refractivity contribution in [2.75, 3.05) is 0 Å². The maximum absolute atomic E-state index is 5.38. The summed E-state index contributed by atoms with van der Waals surface area (Å²) >= 11 is 3.65. The number of hydrogen-bond acceptors (Lipinski definition) is 7. The van der Waals surface area contributed by atoms with Gasteiger partial charge in [-0.1, -0.05) is 158 Å². The van der Waals surface area contributed by atoms with Crippen LogP contribution in [0.4, 0.5) is 0 Å². The molecule has 0 amide bonds. The number of hydrogen-bond donors (Lipinski definition) is 0. The van der Waals surface area contributed by atoms with Gasteiger partial charge in [0, 0.05) is 70.4 Å². The molecule has 0 saturated heterocycles. The lowest BCUT2D eigenvalue weighted by atomic mass is 9.84. The van der Waals surface area contributed by atoms with Gasteiger partial charge in [-0.2, -0.15) is 0 Å². The molecule has 0 spiro atoms. The molecule has 1 aliphatic carbocycles. The van der Waals surface area contributed by atoms with E-state index in [2.05, 4.69) is 181 Å². The second-order valence-corrected chi connectivity index (χ2v) is 18.2. The van der Waals surface area contributed by atoms with Crippen LogP contribution in [0.3, 0.4) is 0 Å². The molecule has 2 aliphatic rings. The number of aromatic nitrogens is 6. The van der Waals surface area contributed by atoms with Crippen LogP contribution in [0.15, 0.2) is 199 Å². The molecule has 1 aliphatic heterocycles. The number of rotatable bonds is 6. The SMILES string of the molecule is C1=CC2Sc3cc(-c4nc(-c5ccccc5)nc(-c5cccc6c5c5ccccc5n6-c5ccccc5)n4)ccc3C2C(c2nc(-c3ccccc3)c3sc4ccccc4c3n2)=C1. The third kappa shape index (κ3) is 5.90. The number of fused-ring (bicyclic) bond motifs is 9. The summed E-state index contributed by atoms with van der Waals surface area (Å²) in [5.41, 5.74) is 11.7. The Morgan fingerprint density at radius 1 is 0.508 bits per heavy atom. The minimum absolute atomic E-state index is 0.0864. The standard InChI is InChI=1S/C55H34N6S2/c1-4-16-33(17-5-1)49-51-50(39-23-11-13-28-44(39)63-51)57-54(56-49)41-25-15-29-45-48(41)38-31-30-35(32-46(38)62-45)53-58-52(34-18-6-2-7-19-34)59-55(60-53)40-24-14-27-43-47(40)37-22-10-12-26-42(37)61(43)36-20-8-3-9-21-36/h1-32,45,48H. The van der Waals surface area contributed by atoms with E-state index in [9.17, 15) is 0 Å². The Balaban J connectivity index is 0.948. The Labute approximate surface area is 371 Å². The van der Waals surface area contributed by atoms with E-state index in [-0.39, 0.29) is 11.2 Å². The van der Waals surface area contributed by atoms with Crippen LogP contribution in [0.5, 0.6) is 0 Å². The Hall–Kier alpha value is -7.52. The van der Waals surface area contributed by atoms with Crippen molar-refractivity contribution in [2.45, 2.75) is 16.1 Å². The van der Waals surface area contributed by atoms with Crippen molar-refractivity contribution in [2.24, 2.45) is 0 Å². The van der Waals surface area contributed by atoms with Gasteiger partial charge in [0.1, 0.15) is 0 Å². The van der Waals surface area contributed by atoms with E-state index in [1.807, 2.05) is 30.0 Å². The van der Waals surface area contributed by atoms with Crippen molar-refractivity contribution in [1.82, 2.24) is 29.5 Å². The summed E-state index contributed by atoms with van der Waals surface area (Å²) in [5, 5.41) is 3.62. The summed E-state index contributed by atoms with van der Waals surface area (Å²) in [6.07, 6.45) is 6.71. The van der Waals surface area contributed by atoms with Crippen molar-refractivity contribution < 1.29 is 0 Å². The highest BCUT2D eigenvalue weighted by molar-refractivity contribution is 8.00. The van der Waals surface area contributed by atoms with Crippen LogP contribution in [-0.2, 0) is 0 Å². The number of allylic oxidation sites excluding steroid dienone is 3. The smallest absolute Gasteiger partial charge is 0.164 e. The highest BCUT2D eigenvalue weighted by Gasteiger charge is 2.38. The van der Waals surface area contributed by atoms with Gasteiger partial charge in [0.25, 0.3) is 0 Å².